The normalized spacial score (nSPS) is 12.4. The van der Waals surface area contributed by atoms with Gasteiger partial charge < -0.3 is 0 Å². The highest BCUT2D eigenvalue weighted by Gasteiger charge is 2.17. The molecule has 1 aliphatic rings. The fourth-order valence-electron chi connectivity index (χ4n) is 2.47. The monoisotopic (exact) mass is 210 g/mol. The standard InChI is InChI=1S/C14H14Si/c1-9-3-5-11-12-6-4-10(2)8-14(12)15-13(11)7-9/h3-8H,15H2,1-2H3. The van der Waals surface area contributed by atoms with E-state index in [0.29, 0.717) is 0 Å². The van der Waals surface area contributed by atoms with Crippen LogP contribution in [-0.2, 0) is 0 Å². The van der Waals surface area contributed by atoms with E-state index in [2.05, 4.69) is 50.2 Å². The third-order valence-corrected chi connectivity index (χ3v) is 5.12. The number of benzene rings is 2. The molecule has 0 atom stereocenters. The van der Waals surface area contributed by atoms with Crippen LogP contribution in [0.1, 0.15) is 11.1 Å². The van der Waals surface area contributed by atoms with Crippen LogP contribution in [-0.4, -0.2) is 9.52 Å². The molecule has 0 nitrogen and oxygen atoms in total. The molecule has 0 radical (unpaired) electrons. The minimum absolute atomic E-state index is 0.203. The summed E-state index contributed by atoms with van der Waals surface area (Å²) in [5.74, 6) is 0. The minimum Gasteiger partial charge on any atom is -0.0597 e. The first-order valence-electron chi connectivity index (χ1n) is 5.43. The van der Waals surface area contributed by atoms with E-state index in [-0.39, 0.29) is 9.52 Å². The number of rotatable bonds is 0. The Bertz CT molecular complexity index is 492. The van der Waals surface area contributed by atoms with Crippen molar-refractivity contribution in [2.75, 3.05) is 0 Å². The van der Waals surface area contributed by atoms with E-state index < -0.39 is 0 Å². The van der Waals surface area contributed by atoms with Crippen molar-refractivity contribution >= 4 is 19.9 Å². The maximum atomic E-state index is 2.37. The molecule has 74 valence electrons. The molecular formula is C14H14Si. The lowest BCUT2D eigenvalue weighted by Crippen LogP contribution is -2.21. The Morgan fingerprint density at radius 1 is 0.733 bits per heavy atom. The first-order valence-corrected chi connectivity index (χ1v) is 6.85. The average Bonchev–Trinajstić information content (AvgIpc) is 2.53. The molecule has 1 heterocycles. The van der Waals surface area contributed by atoms with Crippen LogP contribution < -0.4 is 10.4 Å². The molecule has 1 aliphatic heterocycles. The second kappa shape index (κ2) is 3.07. The van der Waals surface area contributed by atoms with Gasteiger partial charge in [-0.05, 0) is 25.0 Å². The van der Waals surface area contributed by atoms with E-state index in [1.54, 1.807) is 10.4 Å². The molecule has 0 aromatic heterocycles. The van der Waals surface area contributed by atoms with Crippen LogP contribution in [0.5, 0.6) is 0 Å². The molecule has 0 unspecified atom stereocenters. The molecule has 0 bridgehead atoms. The van der Waals surface area contributed by atoms with Gasteiger partial charge in [-0.3, -0.25) is 0 Å². The Balaban J connectivity index is 2.24. The second-order valence-electron chi connectivity index (χ2n) is 4.50. The topological polar surface area (TPSA) is 0 Å². The minimum atomic E-state index is -0.203. The Kier molecular flexibility index (Phi) is 1.83. The Morgan fingerprint density at radius 3 is 1.67 bits per heavy atom. The molecular weight excluding hydrogens is 196 g/mol. The van der Waals surface area contributed by atoms with E-state index in [4.69, 9.17) is 0 Å². The zero-order valence-electron chi connectivity index (χ0n) is 9.17. The molecule has 0 amide bonds. The van der Waals surface area contributed by atoms with Crippen molar-refractivity contribution in [2.45, 2.75) is 13.8 Å². The summed E-state index contributed by atoms with van der Waals surface area (Å²) < 4.78 is 0. The van der Waals surface area contributed by atoms with E-state index >= 15 is 0 Å². The molecule has 0 fully saturated rings. The smallest absolute Gasteiger partial charge is 0.0597 e. The van der Waals surface area contributed by atoms with Crippen LogP contribution in [0.3, 0.4) is 0 Å². The van der Waals surface area contributed by atoms with Crippen molar-refractivity contribution in [3.05, 3.63) is 47.5 Å². The Morgan fingerprint density at radius 2 is 1.20 bits per heavy atom. The second-order valence-corrected chi connectivity index (χ2v) is 6.38. The molecule has 0 aliphatic carbocycles. The predicted molar refractivity (Wildman–Crippen MR) is 69.2 cm³/mol. The number of hydrogen-bond acceptors (Lipinski definition) is 0. The van der Waals surface area contributed by atoms with E-state index in [9.17, 15) is 0 Å². The summed E-state index contributed by atoms with van der Waals surface area (Å²) in [6.45, 7) is 4.37. The summed E-state index contributed by atoms with van der Waals surface area (Å²) in [7, 11) is -0.203. The highest BCUT2D eigenvalue weighted by molar-refractivity contribution is 6.73. The number of hydrogen-bond donors (Lipinski definition) is 0. The van der Waals surface area contributed by atoms with Gasteiger partial charge in [-0.15, -0.1) is 0 Å². The van der Waals surface area contributed by atoms with Gasteiger partial charge in [0.05, 0.1) is 9.52 Å². The molecule has 2 aromatic rings. The highest BCUT2D eigenvalue weighted by Crippen LogP contribution is 2.20. The Hall–Kier alpha value is -1.34. The maximum absolute atomic E-state index is 2.37. The first-order chi connectivity index (χ1) is 7.24. The van der Waals surface area contributed by atoms with Gasteiger partial charge in [0.15, 0.2) is 0 Å². The SMILES string of the molecule is Cc1ccc2c(c1)[SiH2]c1cc(C)ccc1-2. The van der Waals surface area contributed by atoms with Gasteiger partial charge in [0.2, 0.25) is 0 Å². The van der Waals surface area contributed by atoms with Gasteiger partial charge in [0.25, 0.3) is 0 Å². The van der Waals surface area contributed by atoms with E-state index in [1.165, 1.54) is 22.3 Å². The molecule has 15 heavy (non-hydrogen) atoms. The summed E-state index contributed by atoms with van der Waals surface area (Å²) in [6.07, 6.45) is 0. The average molecular weight is 210 g/mol. The third kappa shape index (κ3) is 1.35. The van der Waals surface area contributed by atoms with Crippen LogP contribution in [0.25, 0.3) is 11.1 Å². The highest BCUT2D eigenvalue weighted by atomic mass is 28.2. The lowest BCUT2D eigenvalue weighted by Gasteiger charge is -2.02. The fourth-order valence-corrected chi connectivity index (χ4v) is 4.72. The zero-order chi connectivity index (χ0) is 10.4. The number of fused-ring (bicyclic) bond motifs is 3. The fraction of sp³-hybridized carbons (Fsp3) is 0.143. The lowest BCUT2D eigenvalue weighted by atomic mass is 10.0. The van der Waals surface area contributed by atoms with Gasteiger partial charge in [-0.25, -0.2) is 0 Å². The Labute approximate surface area is 92.8 Å². The van der Waals surface area contributed by atoms with Gasteiger partial charge >= 0.3 is 0 Å². The molecule has 0 N–H and O–H groups in total. The van der Waals surface area contributed by atoms with Crippen molar-refractivity contribution in [1.82, 2.24) is 0 Å². The summed E-state index contributed by atoms with van der Waals surface area (Å²) in [4.78, 5) is 0. The predicted octanol–water partition coefficient (Wildman–Crippen LogP) is 1.40. The zero-order valence-corrected chi connectivity index (χ0v) is 10.6. The largest absolute Gasteiger partial charge is 0.0891 e. The van der Waals surface area contributed by atoms with Crippen molar-refractivity contribution in [1.29, 1.82) is 0 Å². The summed E-state index contributed by atoms with van der Waals surface area (Å²) in [6, 6.07) is 13.8. The van der Waals surface area contributed by atoms with Crippen molar-refractivity contribution in [3.8, 4) is 11.1 Å². The van der Waals surface area contributed by atoms with Gasteiger partial charge in [-0.2, -0.15) is 0 Å². The molecule has 3 rings (SSSR count). The van der Waals surface area contributed by atoms with Crippen LogP contribution in [0, 0.1) is 13.8 Å². The van der Waals surface area contributed by atoms with Gasteiger partial charge in [0, 0.05) is 0 Å². The van der Waals surface area contributed by atoms with Crippen molar-refractivity contribution < 1.29 is 0 Å². The summed E-state index contributed by atoms with van der Waals surface area (Å²) >= 11 is 0. The van der Waals surface area contributed by atoms with Crippen molar-refractivity contribution in [2.24, 2.45) is 0 Å². The van der Waals surface area contributed by atoms with Crippen LogP contribution in [0.15, 0.2) is 36.4 Å². The first kappa shape index (κ1) is 8.92. The van der Waals surface area contributed by atoms with E-state index in [1.807, 2.05) is 0 Å². The van der Waals surface area contributed by atoms with Gasteiger partial charge in [0.1, 0.15) is 0 Å². The molecule has 1 heteroatoms. The van der Waals surface area contributed by atoms with Crippen molar-refractivity contribution in [3.63, 3.8) is 0 Å². The van der Waals surface area contributed by atoms with Gasteiger partial charge in [-0.1, -0.05) is 57.9 Å². The lowest BCUT2D eigenvalue weighted by molar-refractivity contribution is 1.48. The third-order valence-electron chi connectivity index (χ3n) is 3.19. The molecule has 0 saturated heterocycles. The number of aryl methyl sites for hydroxylation is 2. The summed E-state index contributed by atoms with van der Waals surface area (Å²) in [5, 5.41) is 3.24. The van der Waals surface area contributed by atoms with Crippen LogP contribution in [0.4, 0.5) is 0 Å². The summed E-state index contributed by atoms with van der Waals surface area (Å²) in [5.41, 5.74) is 5.76. The maximum Gasteiger partial charge on any atom is 0.0891 e. The quantitative estimate of drug-likeness (QED) is 0.492. The molecule has 0 spiro atoms. The van der Waals surface area contributed by atoms with Crippen LogP contribution in [0.2, 0.25) is 0 Å². The van der Waals surface area contributed by atoms with Crippen LogP contribution >= 0.6 is 0 Å². The molecule has 0 saturated carbocycles. The van der Waals surface area contributed by atoms with E-state index in [0.717, 1.165) is 0 Å². The molecule has 2 aromatic carbocycles.